The fourth-order valence-electron chi connectivity index (χ4n) is 1.86. The summed E-state index contributed by atoms with van der Waals surface area (Å²) in [6, 6.07) is 5.96. The zero-order chi connectivity index (χ0) is 14.2. The summed E-state index contributed by atoms with van der Waals surface area (Å²) in [5.74, 6) is 0.0882. The normalized spacial score (nSPS) is 11.5. The molecule has 0 radical (unpaired) electrons. The molecule has 2 aromatic rings. The Hall–Kier alpha value is -2.02. The number of aryl methyl sites for hydroxylation is 2. The van der Waals surface area contributed by atoms with E-state index in [0.29, 0.717) is 17.1 Å². The fraction of sp³-hybridized carbons (Fsp3) is 0.250. The summed E-state index contributed by atoms with van der Waals surface area (Å²) >= 11 is 0. The Morgan fingerprint density at radius 1 is 1.21 bits per heavy atom. The lowest BCUT2D eigenvalue weighted by Crippen LogP contribution is -2.27. The summed E-state index contributed by atoms with van der Waals surface area (Å²) in [6.07, 6.45) is 0. The van der Waals surface area contributed by atoms with Gasteiger partial charge in [-0.2, -0.15) is 5.10 Å². The number of nitrogens with one attached hydrogen (secondary N) is 1. The lowest BCUT2D eigenvalue weighted by Gasteiger charge is -2.19. The van der Waals surface area contributed by atoms with Gasteiger partial charge in [0.15, 0.2) is 0 Å². The van der Waals surface area contributed by atoms with E-state index >= 15 is 0 Å². The molecule has 0 spiro atoms. The van der Waals surface area contributed by atoms with Gasteiger partial charge in [0.1, 0.15) is 10.6 Å². The maximum Gasteiger partial charge on any atom is 0.267 e. The smallest absolute Gasteiger partial charge is 0.267 e. The molecule has 1 aromatic carbocycles. The Morgan fingerprint density at radius 2 is 1.79 bits per heavy atom. The van der Waals surface area contributed by atoms with Gasteiger partial charge in [0.2, 0.25) is 0 Å². The molecule has 2 N–H and O–H groups in total. The van der Waals surface area contributed by atoms with Crippen molar-refractivity contribution in [2.75, 3.05) is 11.4 Å². The zero-order valence-electron chi connectivity index (χ0n) is 10.9. The van der Waals surface area contributed by atoms with Gasteiger partial charge in [0.05, 0.1) is 17.1 Å². The van der Waals surface area contributed by atoms with Gasteiger partial charge in [-0.1, -0.05) is 0 Å². The molecule has 0 saturated carbocycles. The van der Waals surface area contributed by atoms with Gasteiger partial charge >= 0.3 is 0 Å². The molecule has 0 bridgehead atoms. The molecule has 0 aliphatic rings. The minimum Gasteiger partial charge on any atom is -0.508 e. The van der Waals surface area contributed by atoms with E-state index in [9.17, 15) is 13.5 Å². The van der Waals surface area contributed by atoms with Crippen molar-refractivity contribution in [1.82, 2.24) is 10.2 Å². The largest absolute Gasteiger partial charge is 0.508 e. The lowest BCUT2D eigenvalue weighted by molar-refractivity contribution is 0.475. The number of H-pyrrole nitrogens is 1. The molecule has 1 aromatic heterocycles. The number of phenolic OH excluding ortho intramolecular Hbond substituents is 1. The van der Waals surface area contributed by atoms with E-state index in [1.807, 2.05) is 0 Å². The standard InChI is InChI=1S/C12H15N3O3S/c1-8-12(9(2)14-13-8)19(17,18)15(3)10-4-6-11(16)7-5-10/h4-7,16H,1-3H3,(H,13,14). The van der Waals surface area contributed by atoms with Crippen molar-refractivity contribution in [2.45, 2.75) is 18.7 Å². The van der Waals surface area contributed by atoms with E-state index in [4.69, 9.17) is 0 Å². The monoisotopic (exact) mass is 281 g/mol. The van der Waals surface area contributed by atoms with Gasteiger partial charge in [-0.3, -0.25) is 9.40 Å². The summed E-state index contributed by atoms with van der Waals surface area (Å²) in [5.41, 5.74) is 1.41. The fourth-order valence-corrected chi connectivity index (χ4v) is 3.38. The van der Waals surface area contributed by atoms with Crippen LogP contribution in [0.2, 0.25) is 0 Å². The quantitative estimate of drug-likeness (QED) is 0.894. The third-order valence-corrected chi connectivity index (χ3v) is 4.94. The van der Waals surface area contributed by atoms with E-state index in [2.05, 4.69) is 10.2 Å². The molecular formula is C12H15N3O3S. The molecule has 19 heavy (non-hydrogen) atoms. The number of anilines is 1. The summed E-state index contributed by atoms with van der Waals surface area (Å²) in [5, 5.41) is 15.8. The Kier molecular flexibility index (Phi) is 3.23. The number of aromatic hydroxyl groups is 1. The van der Waals surface area contributed by atoms with Crippen LogP contribution < -0.4 is 4.31 Å². The highest BCUT2D eigenvalue weighted by atomic mass is 32.2. The van der Waals surface area contributed by atoms with Crippen LogP contribution in [0.15, 0.2) is 29.2 Å². The summed E-state index contributed by atoms with van der Waals surface area (Å²) in [6.45, 7) is 3.30. The average Bonchev–Trinajstić information content (AvgIpc) is 2.69. The Labute approximate surface area is 111 Å². The van der Waals surface area contributed by atoms with Crippen molar-refractivity contribution in [1.29, 1.82) is 0 Å². The molecule has 0 aliphatic heterocycles. The SMILES string of the molecule is Cc1n[nH]c(C)c1S(=O)(=O)N(C)c1ccc(O)cc1. The van der Waals surface area contributed by atoms with Crippen molar-refractivity contribution < 1.29 is 13.5 Å². The van der Waals surface area contributed by atoms with Gasteiger partial charge in [-0.15, -0.1) is 0 Å². The molecular weight excluding hydrogens is 266 g/mol. The van der Waals surface area contributed by atoms with Crippen molar-refractivity contribution >= 4 is 15.7 Å². The molecule has 0 amide bonds. The summed E-state index contributed by atoms with van der Waals surface area (Å²) in [4.78, 5) is 0.183. The molecule has 2 rings (SSSR count). The van der Waals surface area contributed by atoms with Gasteiger partial charge in [0.25, 0.3) is 10.0 Å². The van der Waals surface area contributed by atoms with E-state index < -0.39 is 10.0 Å². The van der Waals surface area contributed by atoms with Crippen molar-refractivity contribution in [2.24, 2.45) is 0 Å². The maximum atomic E-state index is 12.5. The Balaban J connectivity index is 2.48. The number of aromatic amines is 1. The van der Waals surface area contributed by atoms with E-state index in [1.54, 1.807) is 13.8 Å². The van der Waals surface area contributed by atoms with E-state index in [-0.39, 0.29) is 10.6 Å². The van der Waals surface area contributed by atoms with Gasteiger partial charge in [0, 0.05) is 7.05 Å². The van der Waals surface area contributed by atoms with Crippen LogP contribution in [0.1, 0.15) is 11.4 Å². The van der Waals surface area contributed by atoms with Gasteiger partial charge in [-0.25, -0.2) is 8.42 Å². The molecule has 0 fully saturated rings. The first-order chi connectivity index (χ1) is 8.84. The number of sulfonamides is 1. The molecule has 6 nitrogen and oxygen atoms in total. The topological polar surface area (TPSA) is 86.3 Å². The molecule has 102 valence electrons. The van der Waals surface area contributed by atoms with Crippen molar-refractivity contribution in [3.63, 3.8) is 0 Å². The van der Waals surface area contributed by atoms with Crippen molar-refractivity contribution in [3.8, 4) is 5.75 Å². The molecule has 0 saturated heterocycles. The molecule has 1 heterocycles. The molecule has 0 unspecified atom stereocenters. The molecule has 0 aliphatic carbocycles. The minimum absolute atomic E-state index is 0.0882. The second-order valence-corrected chi connectivity index (χ2v) is 6.16. The maximum absolute atomic E-state index is 12.5. The second kappa shape index (κ2) is 4.58. The van der Waals surface area contributed by atoms with E-state index in [1.165, 1.54) is 31.3 Å². The molecule has 7 heteroatoms. The Morgan fingerprint density at radius 3 is 2.26 bits per heavy atom. The third kappa shape index (κ3) is 2.28. The highest BCUT2D eigenvalue weighted by Gasteiger charge is 2.27. The van der Waals surface area contributed by atoms with Crippen LogP contribution in [-0.4, -0.2) is 30.8 Å². The zero-order valence-corrected chi connectivity index (χ0v) is 11.7. The van der Waals surface area contributed by atoms with Crippen LogP contribution in [0.25, 0.3) is 0 Å². The number of benzene rings is 1. The number of rotatable bonds is 3. The van der Waals surface area contributed by atoms with Crippen molar-refractivity contribution in [3.05, 3.63) is 35.7 Å². The lowest BCUT2D eigenvalue weighted by atomic mass is 10.3. The number of phenols is 1. The second-order valence-electron chi connectivity index (χ2n) is 4.25. The van der Waals surface area contributed by atoms with Crippen LogP contribution in [0.4, 0.5) is 5.69 Å². The predicted molar refractivity (Wildman–Crippen MR) is 71.8 cm³/mol. The number of hydrogen-bond donors (Lipinski definition) is 2. The predicted octanol–water partition coefficient (Wildman–Crippen LogP) is 1.56. The minimum atomic E-state index is -3.66. The Bertz CT molecular complexity index is 670. The van der Waals surface area contributed by atoms with Crippen LogP contribution >= 0.6 is 0 Å². The summed E-state index contributed by atoms with van der Waals surface area (Å²) < 4.78 is 26.2. The van der Waals surface area contributed by atoms with Crippen LogP contribution in [0.3, 0.4) is 0 Å². The third-order valence-electron chi connectivity index (χ3n) is 2.89. The number of nitrogens with zero attached hydrogens (tertiary/aromatic N) is 2. The highest BCUT2D eigenvalue weighted by molar-refractivity contribution is 7.92. The van der Waals surface area contributed by atoms with Crippen LogP contribution in [0.5, 0.6) is 5.75 Å². The highest BCUT2D eigenvalue weighted by Crippen LogP contribution is 2.26. The first-order valence-corrected chi connectivity index (χ1v) is 7.07. The first kappa shape index (κ1) is 13.4. The average molecular weight is 281 g/mol. The molecule has 0 atom stereocenters. The number of aromatic nitrogens is 2. The number of hydrogen-bond acceptors (Lipinski definition) is 4. The first-order valence-electron chi connectivity index (χ1n) is 5.63. The van der Waals surface area contributed by atoms with Crippen LogP contribution in [0, 0.1) is 13.8 Å². The summed E-state index contributed by atoms with van der Waals surface area (Å²) in [7, 11) is -2.20. The van der Waals surface area contributed by atoms with E-state index in [0.717, 1.165) is 4.31 Å². The van der Waals surface area contributed by atoms with Gasteiger partial charge < -0.3 is 5.11 Å². The van der Waals surface area contributed by atoms with Crippen LogP contribution in [-0.2, 0) is 10.0 Å². The van der Waals surface area contributed by atoms with Gasteiger partial charge in [-0.05, 0) is 38.1 Å².